The summed E-state index contributed by atoms with van der Waals surface area (Å²) in [6.45, 7) is 10.1. The van der Waals surface area contributed by atoms with Gasteiger partial charge in [-0.3, -0.25) is 4.79 Å². The van der Waals surface area contributed by atoms with Crippen molar-refractivity contribution in [3.8, 4) is 0 Å². The average Bonchev–Trinajstić information content (AvgIpc) is 3.21. The summed E-state index contributed by atoms with van der Waals surface area (Å²) in [4.78, 5) is 38.7. The molecule has 1 saturated carbocycles. The van der Waals surface area contributed by atoms with Crippen LogP contribution in [0.5, 0.6) is 0 Å². The summed E-state index contributed by atoms with van der Waals surface area (Å²) >= 11 is 0. The number of alkyl halides is 3. The van der Waals surface area contributed by atoms with Crippen molar-refractivity contribution >= 4 is 28.7 Å². The van der Waals surface area contributed by atoms with Crippen molar-refractivity contribution in [2.24, 2.45) is 0 Å². The molecule has 1 aliphatic heterocycles. The lowest BCUT2D eigenvalue weighted by atomic mass is 9.84. The highest BCUT2D eigenvalue weighted by atomic mass is 19.4. The Balaban J connectivity index is 1.53. The first-order valence-electron chi connectivity index (χ1n) is 13.7. The van der Waals surface area contributed by atoms with Gasteiger partial charge in [-0.15, -0.1) is 0 Å². The van der Waals surface area contributed by atoms with Crippen LogP contribution in [0.1, 0.15) is 65.9 Å². The number of benzene rings is 1. The molecule has 2 heterocycles. The zero-order chi connectivity index (χ0) is 29.4. The number of nitrogens with one attached hydrogen (secondary N) is 2. The van der Waals surface area contributed by atoms with Crippen LogP contribution in [0.4, 0.5) is 23.8 Å². The molecular weight excluding hydrogens is 525 g/mol. The highest BCUT2D eigenvalue weighted by Gasteiger charge is 2.43. The third-order valence-corrected chi connectivity index (χ3v) is 7.79. The Kier molecular flexibility index (Phi) is 8.49. The number of nitrogens with zero attached hydrogens (tertiary/aromatic N) is 4. The minimum Gasteiger partial charge on any atom is -0.444 e. The smallest absolute Gasteiger partial charge is 0.416 e. The molecule has 9 nitrogen and oxygen atoms in total. The van der Waals surface area contributed by atoms with Crippen molar-refractivity contribution in [2.75, 3.05) is 18.9 Å². The Hall–Kier alpha value is -3.15. The van der Waals surface area contributed by atoms with Gasteiger partial charge in [0.25, 0.3) is 0 Å². The number of rotatable bonds is 6. The van der Waals surface area contributed by atoms with Crippen LogP contribution in [0.25, 0.3) is 10.9 Å². The number of alkyl carbamates (subject to hydrolysis) is 1. The van der Waals surface area contributed by atoms with Gasteiger partial charge in [0.15, 0.2) is 0 Å². The van der Waals surface area contributed by atoms with Gasteiger partial charge in [0, 0.05) is 24.0 Å². The molecule has 2 amide bonds. The number of amides is 2. The quantitative estimate of drug-likeness (QED) is 0.519. The third-order valence-electron chi connectivity index (χ3n) is 7.79. The number of ether oxygens (including phenoxy) is 1. The summed E-state index contributed by atoms with van der Waals surface area (Å²) in [6, 6.07) is 2.63. The fourth-order valence-electron chi connectivity index (χ4n) is 5.59. The molecule has 0 unspecified atom stereocenters. The summed E-state index contributed by atoms with van der Waals surface area (Å²) in [5, 5.41) is 6.31. The molecule has 0 bridgehead atoms. The number of anilines is 1. The summed E-state index contributed by atoms with van der Waals surface area (Å²) < 4.78 is 45.6. The van der Waals surface area contributed by atoms with Crippen LogP contribution in [0, 0.1) is 0 Å². The fraction of sp³-hybridized carbons (Fsp3) is 0.643. The van der Waals surface area contributed by atoms with Gasteiger partial charge < -0.3 is 25.2 Å². The molecule has 2 aromatic rings. The second-order valence-corrected chi connectivity index (χ2v) is 12.0. The van der Waals surface area contributed by atoms with E-state index in [4.69, 9.17) is 4.74 Å². The van der Waals surface area contributed by atoms with Crippen LogP contribution in [-0.2, 0) is 15.7 Å². The van der Waals surface area contributed by atoms with Gasteiger partial charge in [-0.25, -0.2) is 14.8 Å². The standard InChI is InChI=1S/C28H39F3N6O3/c1-16(2)36(6)18-8-10-23(22(14-18)35-26(39)40-27(3,4)5)37-12-11-21(25(37)38)34-24-19-13-17(28(29,30)31)7-9-20(19)32-15-33-24/h7,9,13,15-16,18,21-23H,8,10-12,14H2,1-6H3,(H,35,39)(H,32,33,34)/t18-,21+,22-,23+/m1/s1. The van der Waals surface area contributed by atoms with Crippen molar-refractivity contribution in [1.29, 1.82) is 0 Å². The average molecular weight is 565 g/mol. The molecule has 2 aliphatic rings. The molecule has 0 radical (unpaired) electrons. The maximum atomic E-state index is 13.6. The van der Waals surface area contributed by atoms with Crippen LogP contribution in [0.15, 0.2) is 24.5 Å². The number of hydrogen-bond donors (Lipinski definition) is 2. The second kappa shape index (κ2) is 11.4. The molecule has 4 atom stereocenters. The molecular formula is C28H39F3N6O3. The summed E-state index contributed by atoms with van der Waals surface area (Å²) in [5.41, 5.74) is -1.12. The highest BCUT2D eigenvalue weighted by molar-refractivity contribution is 5.93. The van der Waals surface area contributed by atoms with E-state index < -0.39 is 29.5 Å². The largest absolute Gasteiger partial charge is 0.444 e. The van der Waals surface area contributed by atoms with Gasteiger partial charge in [0.1, 0.15) is 23.8 Å². The van der Waals surface area contributed by atoms with Crippen molar-refractivity contribution in [1.82, 2.24) is 25.1 Å². The molecule has 1 saturated heterocycles. The number of aromatic nitrogens is 2. The third kappa shape index (κ3) is 6.76. The first-order chi connectivity index (χ1) is 18.6. The first-order valence-corrected chi connectivity index (χ1v) is 13.7. The van der Waals surface area contributed by atoms with Gasteiger partial charge >= 0.3 is 12.3 Å². The molecule has 220 valence electrons. The predicted molar refractivity (Wildman–Crippen MR) is 146 cm³/mol. The Labute approximate surface area is 232 Å². The number of halogens is 3. The van der Waals surface area contributed by atoms with Gasteiger partial charge in [0.2, 0.25) is 5.91 Å². The van der Waals surface area contributed by atoms with Crippen LogP contribution in [0.3, 0.4) is 0 Å². The molecule has 12 heteroatoms. The lowest BCUT2D eigenvalue weighted by Crippen LogP contribution is -2.59. The Morgan fingerprint density at radius 1 is 1.15 bits per heavy atom. The Morgan fingerprint density at radius 3 is 2.52 bits per heavy atom. The first kappa shape index (κ1) is 29.8. The number of likely N-dealkylation sites (tertiary alicyclic amines) is 1. The van der Waals surface area contributed by atoms with E-state index in [-0.39, 0.29) is 35.2 Å². The molecule has 4 rings (SSSR count). The van der Waals surface area contributed by atoms with Crippen molar-refractivity contribution in [3.05, 3.63) is 30.1 Å². The van der Waals surface area contributed by atoms with E-state index in [9.17, 15) is 22.8 Å². The monoisotopic (exact) mass is 564 g/mol. The molecule has 1 aliphatic carbocycles. The van der Waals surface area contributed by atoms with Crippen LogP contribution >= 0.6 is 0 Å². The van der Waals surface area contributed by atoms with Crippen molar-refractivity contribution in [2.45, 2.75) is 102 Å². The number of carbonyl (C=O) groups is 2. The van der Waals surface area contributed by atoms with Crippen LogP contribution in [-0.4, -0.2) is 81.2 Å². The summed E-state index contributed by atoms with van der Waals surface area (Å²) in [6.07, 6.45) is -1.09. The lowest BCUT2D eigenvalue weighted by Gasteiger charge is -2.44. The van der Waals surface area contributed by atoms with Gasteiger partial charge in [-0.1, -0.05) is 0 Å². The maximum Gasteiger partial charge on any atom is 0.416 e. The predicted octanol–water partition coefficient (Wildman–Crippen LogP) is 4.82. The normalized spacial score (nSPS) is 24.2. The topological polar surface area (TPSA) is 99.7 Å². The Morgan fingerprint density at radius 2 is 1.88 bits per heavy atom. The molecule has 2 N–H and O–H groups in total. The molecule has 40 heavy (non-hydrogen) atoms. The number of hydrogen-bond acceptors (Lipinski definition) is 7. The maximum absolute atomic E-state index is 13.6. The van der Waals surface area contributed by atoms with Crippen molar-refractivity contribution in [3.63, 3.8) is 0 Å². The van der Waals surface area contributed by atoms with Gasteiger partial charge in [-0.05, 0) is 85.5 Å². The van der Waals surface area contributed by atoms with Crippen LogP contribution in [0.2, 0.25) is 0 Å². The van der Waals surface area contributed by atoms with Crippen LogP contribution < -0.4 is 10.6 Å². The minimum atomic E-state index is -4.51. The van der Waals surface area contributed by atoms with Gasteiger partial charge in [0.05, 0.1) is 23.2 Å². The van der Waals surface area contributed by atoms with E-state index in [1.165, 1.54) is 12.4 Å². The van der Waals surface area contributed by atoms with E-state index >= 15 is 0 Å². The SMILES string of the molecule is CC(C)N(C)[C@@H]1CC[C@H](N2CC[C@H](Nc3ncnc4ccc(C(F)(F)F)cc34)C2=O)[C@H](NC(=O)OC(C)(C)C)C1. The van der Waals surface area contributed by atoms with Gasteiger partial charge in [-0.2, -0.15) is 13.2 Å². The second-order valence-electron chi connectivity index (χ2n) is 12.0. The summed E-state index contributed by atoms with van der Waals surface area (Å²) in [5.74, 6) is 0.0115. The lowest BCUT2D eigenvalue weighted by molar-refractivity contribution is -0.137. The molecule has 1 aromatic heterocycles. The summed E-state index contributed by atoms with van der Waals surface area (Å²) in [7, 11) is 2.07. The zero-order valence-electron chi connectivity index (χ0n) is 23.9. The molecule has 0 spiro atoms. The zero-order valence-corrected chi connectivity index (χ0v) is 23.9. The van der Waals surface area contributed by atoms with E-state index in [0.29, 0.717) is 37.4 Å². The van der Waals surface area contributed by atoms with E-state index in [0.717, 1.165) is 18.6 Å². The van der Waals surface area contributed by atoms with E-state index in [1.807, 2.05) is 0 Å². The highest BCUT2D eigenvalue weighted by Crippen LogP contribution is 2.34. The van der Waals surface area contributed by atoms with E-state index in [1.54, 1.807) is 25.7 Å². The fourth-order valence-corrected chi connectivity index (χ4v) is 5.59. The molecule has 1 aromatic carbocycles. The van der Waals surface area contributed by atoms with Crippen molar-refractivity contribution < 1.29 is 27.5 Å². The number of carbonyl (C=O) groups excluding carboxylic acids is 2. The van der Waals surface area contributed by atoms with E-state index in [2.05, 4.69) is 46.4 Å². The number of fused-ring (bicyclic) bond motifs is 1. The minimum absolute atomic E-state index is 0.171. The Bertz CT molecular complexity index is 1230. The molecule has 2 fully saturated rings.